The molecule has 0 atom stereocenters. The molecule has 29 heavy (non-hydrogen) atoms. The molecule has 2 heterocycles. The fraction of sp³-hybridized carbons (Fsp3) is 0.619. The predicted molar refractivity (Wildman–Crippen MR) is 112 cm³/mol. The third kappa shape index (κ3) is 6.10. The van der Waals surface area contributed by atoms with Crippen molar-refractivity contribution in [1.29, 1.82) is 0 Å². The van der Waals surface area contributed by atoms with E-state index < -0.39 is 0 Å². The number of ether oxygens (including phenoxy) is 3. The Balaban J connectivity index is 1.48. The maximum Gasteiger partial charge on any atom is 0.232 e. The van der Waals surface area contributed by atoms with Gasteiger partial charge in [0.1, 0.15) is 5.75 Å². The van der Waals surface area contributed by atoms with Gasteiger partial charge in [-0.25, -0.2) is 0 Å². The summed E-state index contributed by atoms with van der Waals surface area (Å²) in [6.07, 6.45) is 1.73. The van der Waals surface area contributed by atoms with Crippen LogP contribution in [0.1, 0.15) is 18.4 Å². The molecule has 0 unspecified atom stereocenters. The van der Waals surface area contributed by atoms with Gasteiger partial charge in [0.05, 0.1) is 31.8 Å². The molecule has 2 amide bonds. The average Bonchev–Trinajstić information content (AvgIpc) is 2.79. The van der Waals surface area contributed by atoms with E-state index in [9.17, 15) is 9.59 Å². The van der Waals surface area contributed by atoms with Gasteiger partial charge in [0, 0.05) is 38.3 Å². The van der Waals surface area contributed by atoms with Gasteiger partial charge in [-0.3, -0.25) is 9.59 Å². The molecule has 2 aliphatic rings. The fourth-order valence-electron chi connectivity index (χ4n) is 3.73. The number of morpholine rings is 1. The van der Waals surface area contributed by atoms with Crippen LogP contribution in [-0.4, -0.2) is 81.4 Å². The number of carbonyl (C=O) groups excluding carboxylic acids is 2. The largest absolute Gasteiger partial charge is 0.497 e. The number of rotatable bonds is 8. The lowest BCUT2D eigenvalue weighted by atomic mass is 9.74. The number of hydrogen-bond acceptors (Lipinski definition) is 6. The van der Waals surface area contributed by atoms with Crippen LogP contribution in [0.5, 0.6) is 5.75 Å². The molecule has 0 bridgehead atoms. The Labute approximate surface area is 176 Å². The van der Waals surface area contributed by atoms with E-state index in [1.54, 1.807) is 12.0 Å². The van der Waals surface area contributed by atoms with E-state index >= 15 is 0 Å². The summed E-state index contributed by atoms with van der Waals surface area (Å²) < 4.78 is 16.1. The van der Waals surface area contributed by atoms with E-state index in [4.69, 9.17) is 14.2 Å². The van der Waals surface area contributed by atoms with E-state index in [1.807, 2.05) is 12.1 Å². The lowest BCUT2D eigenvalue weighted by Gasteiger charge is -2.38. The van der Waals surface area contributed by atoms with Gasteiger partial charge < -0.3 is 24.4 Å². The second-order valence-electron chi connectivity index (χ2n) is 7.38. The number of nitrogens with one attached hydrogen (secondary N) is 1. The standard InChI is InChI=1S/C21H30N2O5S/c1-26-18-4-2-17(3-5-18)21(6-10-27-11-7-21)16-22-19(24)14-29-15-20(25)23-8-12-28-13-9-23/h2-5H,6-16H2,1H3,(H,22,24). The molecule has 0 radical (unpaired) electrons. The first-order valence-electron chi connectivity index (χ1n) is 10.1. The van der Waals surface area contributed by atoms with Crippen molar-refractivity contribution in [2.45, 2.75) is 18.3 Å². The molecule has 1 aromatic rings. The van der Waals surface area contributed by atoms with E-state index in [1.165, 1.54) is 17.3 Å². The number of hydrogen-bond donors (Lipinski definition) is 1. The highest BCUT2D eigenvalue weighted by molar-refractivity contribution is 8.00. The summed E-state index contributed by atoms with van der Waals surface area (Å²) in [5, 5.41) is 3.08. The molecule has 0 aromatic heterocycles. The maximum atomic E-state index is 12.4. The van der Waals surface area contributed by atoms with E-state index in [0.717, 1.165) is 18.6 Å². The van der Waals surface area contributed by atoms with Crippen LogP contribution >= 0.6 is 11.8 Å². The van der Waals surface area contributed by atoms with Crippen molar-refractivity contribution in [1.82, 2.24) is 10.2 Å². The Morgan fingerprint density at radius 3 is 2.38 bits per heavy atom. The second kappa shape index (κ2) is 10.8. The minimum absolute atomic E-state index is 0.0378. The molecule has 7 nitrogen and oxygen atoms in total. The van der Waals surface area contributed by atoms with Crippen LogP contribution in [-0.2, 0) is 24.5 Å². The Hall–Kier alpha value is -1.77. The number of amides is 2. The number of methoxy groups -OCH3 is 1. The molecule has 0 aliphatic carbocycles. The predicted octanol–water partition coefficient (Wildman–Crippen LogP) is 1.45. The lowest BCUT2D eigenvalue weighted by molar-refractivity contribution is -0.132. The topological polar surface area (TPSA) is 77.1 Å². The molecule has 1 N–H and O–H groups in total. The molecular formula is C21H30N2O5S. The summed E-state index contributed by atoms with van der Waals surface area (Å²) in [4.78, 5) is 26.4. The van der Waals surface area contributed by atoms with Crippen molar-refractivity contribution in [3.63, 3.8) is 0 Å². The summed E-state index contributed by atoms with van der Waals surface area (Å²) in [6, 6.07) is 8.07. The van der Waals surface area contributed by atoms with Crippen LogP contribution in [0.3, 0.4) is 0 Å². The van der Waals surface area contributed by atoms with Crippen molar-refractivity contribution in [2.24, 2.45) is 0 Å². The van der Waals surface area contributed by atoms with Gasteiger partial charge in [-0.15, -0.1) is 11.8 Å². The Morgan fingerprint density at radius 1 is 1.07 bits per heavy atom. The lowest BCUT2D eigenvalue weighted by Crippen LogP contribution is -2.45. The van der Waals surface area contributed by atoms with Crippen LogP contribution in [0, 0.1) is 0 Å². The summed E-state index contributed by atoms with van der Waals surface area (Å²) in [6.45, 7) is 4.40. The Bertz CT molecular complexity index is 670. The van der Waals surface area contributed by atoms with Crippen LogP contribution in [0.25, 0.3) is 0 Å². The molecule has 3 rings (SSSR count). The minimum atomic E-state index is -0.130. The zero-order chi connectivity index (χ0) is 20.5. The van der Waals surface area contributed by atoms with Crippen LogP contribution in [0.15, 0.2) is 24.3 Å². The zero-order valence-corrected chi connectivity index (χ0v) is 17.8. The van der Waals surface area contributed by atoms with Gasteiger partial charge >= 0.3 is 0 Å². The molecule has 8 heteroatoms. The number of nitrogens with zero attached hydrogens (tertiary/aromatic N) is 1. The molecule has 2 saturated heterocycles. The summed E-state index contributed by atoms with van der Waals surface area (Å²) >= 11 is 1.36. The minimum Gasteiger partial charge on any atom is -0.497 e. The van der Waals surface area contributed by atoms with Gasteiger partial charge in [-0.2, -0.15) is 0 Å². The van der Waals surface area contributed by atoms with Gasteiger partial charge in [-0.05, 0) is 30.5 Å². The summed E-state index contributed by atoms with van der Waals surface area (Å²) in [7, 11) is 1.65. The normalized spacial score (nSPS) is 18.9. The molecular weight excluding hydrogens is 392 g/mol. The third-order valence-corrected chi connectivity index (χ3v) is 6.52. The molecule has 2 fully saturated rings. The van der Waals surface area contributed by atoms with E-state index in [2.05, 4.69) is 17.4 Å². The first kappa shape index (κ1) is 21.9. The highest BCUT2D eigenvalue weighted by Crippen LogP contribution is 2.35. The first-order valence-corrected chi connectivity index (χ1v) is 11.2. The van der Waals surface area contributed by atoms with Crippen LogP contribution < -0.4 is 10.1 Å². The maximum absolute atomic E-state index is 12.4. The molecule has 1 aromatic carbocycles. The Kier molecular flexibility index (Phi) is 8.20. The molecule has 0 saturated carbocycles. The van der Waals surface area contributed by atoms with E-state index in [-0.39, 0.29) is 23.0 Å². The number of thioether (sulfide) groups is 1. The fourth-order valence-corrected chi connectivity index (χ4v) is 4.47. The SMILES string of the molecule is COc1ccc(C2(CNC(=O)CSCC(=O)N3CCOCC3)CCOCC2)cc1. The molecule has 2 aliphatic heterocycles. The first-order chi connectivity index (χ1) is 14.1. The van der Waals surface area contributed by atoms with Gasteiger partial charge in [0.2, 0.25) is 11.8 Å². The molecule has 160 valence electrons. The van der Waals surface area contributed by atoms with Gasteiger partial charge in [0.25, 0.3) is 0 Å². The van der Waals surface area contributed by atoms with Crippen LogP contribution in [0.4, 0.5) is 0 Å². The number of benzene rings is 1. The summed E-state index contributed by atoms with van der Waals surface area (Å²) in [5.74, 6) is 1.46. The van der Waals surface area contributed by atoms with Crippen molar-refractivity contribution in [3.8, 4) is 5.75 Å². The smallest absolute Gasteiger partial charge is 0.232 e. The van der Waals surface area contributed by atoms with E-state index in [0.29, 0.717) is 51.8 Å². The third-order valence-electron chi connectivity index (χ3n) is 5.60. The van der Waals surface area contributed by atoms with Crippen molar-refractivity contribution >= 4 is 23.6 Å². The van der Waals surface area contributed by atoms with Crippen molar-refractivity contribution in [3.05, 3.63) is 29.8 Å². The van der Waals surface area contributed by atoms with Crippen molar-refractivity contribution < 1.29 is 23.8 Å². The Morgan fingerprint density at radius 2 is 1.72 bits per heavy atom. The summed E-state index contributed by atoms with van der Waals surface area (Å²) in [5.41, 5.74) is 1.06. The van der Waals surface area contributed by atoms with Gasteiger partial charge in [-0.1, -0.05) is 12.1 Å². The highest BCUT2D eigenvalue weighted by Gasteiger charge is 2.34. The monoisotopic (exact) mass is 422 g/mol. The van der Waals surface area contributed by atoms with Gasteiger partial charge in [0.15, 0.2) is 0 Å². The average molecular weight is 423 g/mol. The zero-order valence-electron chi connectivity index (χ0n) is 17.0. The highest BCUT2D eigenvalue weighted by atomic mass is 32.2. The second-order valence-corrected chi connectivity index (χ2v) is 8.37. The van der Waals surface area contributed by atoms with Crippen LogP contribution in [0.2, 0.25) is 0 Å². The quantitative estimate of drug-likeness (QED) is 0.683. The van der Waals surface area contributed by atoms with Crippen molar-refractivity contribution in [2.75, 3.05) is 64.7 Å². The number of carbonyl (C=O) groups is 2. The molecule has 0 spiro atoms.